The van der Waals surface area contributed by atoms with Crippen molar-refractivity contribution in [3.05, 3.63) is 94.5 Å². The minimum absolute atomic E-state index is 0.144. The molecule has 3 nitrogen and oxygen atoms in total. The fourth-order valence-electron chi connectivity index (χ4n) is 2.81. The van der Waals surface area contributed by atoms with Crippen LogP contribution in [-0.4, -0.2) is 5.91 Å². The van der Waals surface area contributed by atoms with Gasteiger partial charge in [0, 0.05) is 21.8 Å². The maximum Gasteiger partial charge on any atom is 0.255 e. The number of halogens is 1. The van der Waals surface area contributed by atoms with E-state index in [1.165, 1.54) is 5.56 Å². The van der Waals surface area contributed by atoms with E-state index in [4.69, 9.17) is 16.3 Å². The number of hydrogen-bond donors (Lipinski definition) is 1. The van der Waals surface area contributed by atoms with E-state index in [2.05, 4.69) is 31.3 Å². The van der Waals surface area contributed by atoms with Gasteiger partial charge in [-0.1, -0.05) is 55.8 Å². The summed E-state index contributed by atoms with van der Waals surface area (Å²) in [4.78, 5) is 12.5. The second-order valence-corrected chi connectivity index (χ2v) is 7.20. The molecule has 0 aliphatic heterocycles. The lowest BCUT2D eigenvalue weighted by molar-refractivity contribution is 0.102. The highest BCUT2D eigenvalue weighted by Gasteiger charge is 2.08. The van der Waals surface area contributed by atoms with Crippen LogP contribution in [0.4, 0.5) is 5.69 Å². The predicted molar refractivity (Wildman–Crippen MR) is 115 cm³/mol. The number of benzene rings is 3. The third-order valence-electron chi connectivity index (χ3n) is 4.82. The summed E-state index contributed by atoms with van der Waals surface area (Å²) in [7, 11) is 0. The minimum Gasteiger partial charge on any atom is -0.489 e. The molecule has 1 N–H and O–H groups in total. The van der Waals surface area contributed by atoms with Crippen LogP contribution in [0.25, 0.3) is 0 Å². The molecule has 144 valence electrons. The van der Waals surface area contributed by atoms with Crippen LogP contribution in [0.2, 0.25) is 5.02 Å². The van der Waals surface area contributed by atoms with Gasteiger partial charge in [-0.25, -0.2) is 0 Å². The van der Waals surface area contributed by atoms with Gasteiger partial charge >= 0.3 is 0 Å². The van der Waals surface area contributed by atoms with E-state index in [1.54, 1.807) is 24.3 Å². The lowest BCUT2D eigenvalue weighted by Crippen LogP contribution is -2.11. The van der Waals surface area contributed by atoms with Crippen LogP contribution in [0.15, 0.2) is 72.8 Å². The molecule has 3 rings (SSSR count). The summed E-state index contributed by atoms with van der Waals surface area (Å²) in [6.45, 7) is 4.75. The number of anilines is 1. The molecule has 1 atom stereocenters. The first-order valence-electron chi connectivity index (χ1n) is 9.44. The van der Waals surface area contributed by atoms with Gasteiger partial charge in [-0.05, 0) is 60.4 Å². The largest absolute Gasteiger partial charge is 0.489 e. The summed E-state index contributed by atoms with van der Waals surface area (Å²) < 4.78 is 5.76. The van der Waals surface area contributed by atoms with Crippen LogP contribution >= 0.6 is 11.6 Å². The Kier molecular flexibility index (Phi) is 6.72. The first kappa shape index (κ1) is 20.0. The molecule has 0 aromatic heterocycles. The Morgan fingerprint density at radius 3 is 2.32 bits per heavy atom. The van der Waals surface area contributed by atoms with E-state index in [9.17, 15) is 4.79 Å². The molecule has 0 fully saturated rings. The summed E-state index contributed by atoms with van der Waals surface area (Å²) in [5.74, 6) is 1.06. The van der Waals surface area contributed by atoms with Gasteiger partial charge in [-0.15, -0.1) is 0 Å². The molecule has 1 amide bonds. The molecule has 28 heavy (non-hydrogen) atoms. The molecule has 0 spiro atoms. The zero-order chi connectivity index (χ0) is 19.9. The molecular formula is C24H24ClNO2. The lowest BCUT2D eigenvalue weighted by atomic mass is 9.98. The van der Waals surface area contributed by atoms with Gasteiger partial charge < -0.3 is 10.1 Å². The topological polar surface area (TPSA) is 38.3 Å². The highest BCUT2D eigenvalue weighted by atomic mass is 35.5. The summed E-state index contributed by atoms with van der Waals surface area (Å²) >= 11 is 6.14. The molecule has 4 heteroatoms. The third-order valence-corrected chi connectivity index (χ3v) is 5.19. The van der Waals surface area contributed by atoms with Crippen molar-refractivity contribution in [3.63, 3.8) is 0 Å². The van der Waals surface area contributed by atoms with Gasteiger partial charge in [0.25, 0.3) is 5.91 Å². The number of nitrogens with one attached hydrogen (secondary N) is 1. The van der Waals surface area contributed by atoms with Crippen LogP contribution in [0.3, 0.4) is 0 Å². The predicted octanol–water partition coefficient (Wildman–Crippen LogP) is 6.68. The molecule has 0 aliphatic rings. The monoisotopic (exact) mass is 393 g/mol. The van der Waals surface area contributed by atoms with Gasteiger partial charge in [-0.2, -0.15) is 0 Å². The number of carbonyl (C=O) groups excluding carboxylic acids is 1. The maximum atomic E-state index is 12.5. The Morgan fingerprint density at radius 1 is 1.00 bits per heavy atom. The molecule has 3 aromatic rings. The fraction of sp³-hybridized carbons (Fsp3) is 0.208. The average Bonchev–Trinajstić information content (AvgIpc) is 2.73. The van der Waals surface area contributed by atoms with Crippen LogP contribution in [0.5, 0.6) is 5.75 Å². The average molecular weight is 394 g/mol. The standard InChI is InChI=1S/C24H24ClNO2/c1-3-17(2)18-8-12-21(13-9-18)26-24(27)19-10-14-22(15-11-19)28-16-20-6-4-5-7-23(20)25/h4-15,17H,3,16H2,1-2H3,(H,26,27)/t17-/m0/s1. The van der Waals surface area contributed by atoms with Gasteiger partial charge in [-0.3, -0.25) is 4.79 Å². The van der Waals surface area contributed by atoms with Gasteiger partial charge in [0.05, 0.1) is 0 Å². The number of amides is 1. The highest BCUT2D eigenvalue weighted by Crippen LogP contribution is 2.22. The SMILES string of the molecule is CC[C@H](C)c1ccc(NC(=O)c2ccc(OCc3ccccc3Cl)cc2)cc1. The van der Waals surface area contributed by atoms with Gasteiger partial charge in [0.2, 0.25) is 0 Å². The minimum atomic E-state index is -0.144. The van der Waals surface area contributed by atoms with E-state index in [-0.39, 0.29) is 5.91 Å². The Hall–Kier alpha value is -2.78. The van der Waals surface area contributed by atoms with Crippen molar-refractivity contribution >= 4 is 23.2 Å². The highest BCUT2D eigenvalue weighted by molar-refractivity contribution is 6.31. The van der Waals surface area contributed by atoms with Crippen molar-refractivity contribution in [2.24, 2.45) is 0 Å². The Labute approximate surface area is 171 Å². The number of hydrogen-bond acceptors (Lipinski definition) is 2. The molecule has 0 heterocycles. The molecule has 0 bridgehead atoms. The summed E-state index contributed by atoms with van der Waals surface area (Å²) in [6, 6.07) is 22.7. The van der Waals surface area contributed by atoms with E-state index in [0.29, 0.717) is 28.9 Å². The Morgan fingerprint density at radius 2 is 1.68 bits per heavy atom. The number of rotatable bonds is 7. The quantitative estimate of drug-likeness (QED) is 0.485. The number of carbonyl (C=O) groups is 1. The van der Waals surface area contributed by atoms with Crippen LogP contribution in [0.1, 0.15) is 47.7 Å². The zero-order valence-electron chi connectivity index (χ0n) is 16.1. The smallest absolute Gasteiger partial charge is 0.255 e. The molecule has 3 aromatic carbocycles. The second-order valence-electron chi connectivity index (χ2n) is 6.79. The van der Waals surface area contributed by atoms with E-state index in [0.717, 1.165) is 17.7 Å². The summed E-state index contributed by atoms with van der Waals surface area (Å²) in [6.07, 6.45) is 1.09. The molecule has 0 unspecified atom stereocenters. The number of ether oxygens (including phenoxy) is 1. The molecule has 0 radical (unpaired) electrons. The fourth-order valence-corrected chi connectivity index (χ4v) is 3.00. The van der Waals surface area contributed by atoms with Crippen molar-refractivity contribution in [2.45, 2.75) is 32.8 Å². The van der Waals surface area contributed by atoms with Crippen LogP contribution in [-0.2, 0) is 6.61 Å². The zero-order valence-corrected chi connectivity index (χ0v) is 16.9. The third kappa shape index (κ3) is 5.14. The van der Waals surface area contributed by atoms with Crippen molar-refractivity contribution in [1.29, 1.82) is 0 Å². The summed E-state index contributed by atoms with van der Waals surface area (Å²) in [5, 5.41) is 3.61. The maximum absolute atomic E-state index is 12.5. The van der Waals surface area contributed by atoms with Crippen molar-refractivity contribution in [2.75, 3.05) is 5.32 Å². The molecule has 0 saturated carbocycles. The van der Waals surface area contributed by atoms with E-state index >= 15 is 0 Å². The van der Waals surface area contributed by atoms with Crippen LogP contribution < -0.4 is 10.1 Å². The van der Waals surface area contributed by atoms with Crippen molar-refractivity contribution in [1.82, 2.24) is 0 Å². The molecular weight excluding hydrogens is 370 g/mol. The summed E-state index contributed by atoms with van der Waals surface area (Å²) in [5.41, 5.74) is 3.57. The van der Waals surface area contributed by atoms with Crippen molar-refractivity contribution in [3.8, 4) is 5.75 Å². The van der Waals surface area contributed by atoms with E-state index < -0.39 is 0 Å². The first-order chi connectivity index (χ1) is 13.6. The first-order valence-corrected chi connectivity index (χ1v) is 9.82. The van der Waals surface area contributed by atoms with Crippen molar-refractivity contribution < 1.29 is 9.53 Å². The normalized spacial score (nSPS) is 11.7. The second kappa shape index (κ2) is 9.43. The lowest BCUT2D eigenvalue weighted by Gasteiger charge is -2.11. The Balaban J connectivity index is 1.58. The Bertz CT molecular complexity index is 920. The van der Waals surface area contributed by atoms with E-state index in [1.807, 2.05) is 36.4 Å². The molecule has 0 aliphatic carbocycles. The molecule has 0 saturated heterocycles. The van der Waals surface area contributed by atoms with Gasteiger partial charge in [0.1, 0.15) is 12.4 Å². The van der Waals surface area contributed by atoms with Crippen LogP contribution in [0, 0.1) is 0 Å². The van der Waals surface area contributed by atoms with Gasteiger partial charge in [0.15, 0.2) is 0 Å².